The van der Waals surface area contributed by atoms with E-state index in [0.29, 0.717) is 16.9 Å². The average molecular weight is 951 g/mol. The third kappa shape index (κ3) is 7.37. The summed E-state index contributed by atoms with van der Waals surface area (Å²) in [6.45, 7) is 0. The van der Waals surface area contributed by atoms with Gasteiger partial charge in [-0.15, -0.1) is 23.8 Å². The second-order valence-electron chi connectivity index (χ2n) is 16.3. The van der Waals surface area contributed by atoms with Crippen molar-refractivity contribution in [3.63, 3.8) is 0 Å². The second kappa shape index (κ2) is 15.3. The fourth-order valence-electron chi connectivity index (χ4n) is 8.80. The first-order valence-corrected chi connectivity index (χ1v) is 26.7. The predicted molar refractivity (Wildman–Crippen MR) is 221 cm³/mol. The smallest absolute Gasteiger partial charge is 0.142 e. The summed E-state index contributed by atoms with van der Waals surface area (Å²) in [5.41, 5.74) is 7.50. The molecule has 2 saturated carbocycles. The Bertz CT molecular complexity index is 2470. The number of pyridine rings is 2. The average Bonchev–Trinajstić information content (AvgIpc) is 3.53. The number of rotatable bonds is 7. The van der Waals surface area contributed by atoms with Crippen LogP contribution in [0.15, 0.2) is 116 Å². The van der Waals surface area contributed by atoms with E-state index in [9.17, 15) is 1.37 Å². The van der Waals surface area contributed by atoms with Gasteiger partial charge in [0, 0.05) is 13.3 Å². The fourth-order valence-corrected chi connectivity index (χ4v) is 11.2. The molecule has 0 unspecified atom stereocenters. The maximum Gasteiger partial charge on any atom is 2.00 e. The van der Waals surface area contributed by atoms with Crippen LogP contribution in [0.4, 0.5) is 0 Å². The number of aromatic nitrogens is 3. The van der Waals surface area contributed by atoms with E-state index < -0.39 is 19.2 Å². The van der Waals surface area contributed by atoms with Crippen LogP contribution in [0.5, 0.6) is 11.5 Å². The molecule has 3 aromatic heterocycles. The molecule has 9 rings (SSSR count). The molecular weight excluding hydrogens is 902 g/mol. The van der Waals surface area contributed by atoms with Crippen LogP contribution in [0.3, 0.4) is 0 Å². The summed E-state index contributed by atoms with van der Waals surface area (Å²) in [6.07, 6.45) is 14.7. The Kier molecular flexibility index (Phi) is 10.1. The first kappa shape index (κ1) is 35.7. The van der Waals surface area contributed by atoms with E-state index in [4.69, 9.17) is 14.7 Å². The molecule has 7 aromatic rings. The van der Waals surface area contributed by atoms with Gasteiger partial charge in [0.2, 0.25) is 0 Å². The summed E-state index contributed by atoms with van der Waals surface area (Å²) in [6, 6.07) is 43.1. The minimum atomic E-state index is -1.91. The Morgan fingerprint density at radius 3 is 2.28 bits per heavy atom. The van der Waals surface area contributed by atoms with Crippen molar-refractivity contribution in [3.8, 4) is 39.7 Å². The van der Waals surface area contributed by atoms with Gasteiger partial charge in [-0.2, -0.15) is 0 Å². The molecule has 54 heavy (non-hydrogen) atoms. The molecule has 2 aliphatic rings. The summed E-state index contributed by atoms with van der Waals surface area (Å²) >= 11 is -1.91. The summed E-state index contributed by atoms with van der Waals surface area (Å²) in [4.78, 5) is 9.61. The van der Waals surface area contributed by atoms with Crippen molar-refractivity contribution < 1.29 is 27.2 Å². The minimum Gasteiger partial charge on any atom is -0.142 e. The van der Waals surface area contributed by atoms with Crippen LogP contribution in [-0.4, -0.2) is 27.8 Å². The van der Waals surface area contributed by atoms with Crippen molar-refractivity contribution in [2.75, 3.05) is 0 Å². The predicted octanol–water partition coefficient (Wildman–Crippen LogP) is 12.5. The molecule has 0 aliphatic heterocycles. The van der Waals surface area contributed by atoms with Crippen molar-refractivity contribution in [1.82, 2.24) is 14.5 Å². The molecule has 3 heterocycles. The van der Waals surface area contributed by atoms with Crippen molar-refractivity contribution in [3.05, 3.63) is 133 Å². The number of ether oxygens (including phenoxy) is 1. The van der Waals surface area contributed by atoms with E-state index in [-0.39, 0.29) is 21.1 Å². The first-order valence-electron chi connectivity index (χ1n) is 19.9. The maximum absolute atomic E-state index is 9.51. The number of nitrogens with zero attached hydrogens (tertiary/aromatic N) is 3. The Hall–Kier alpha value is -3.99. The number of hydrogen-bond donors (Lipinski definition) is 0. The van der Waals surface area contributed by atoms with Gasteiger partial charge < -0.3 is 4.98 Å². The number of fused-ring (bicyclic) bond motifs is 3. The molecule has 0 N–H and O–H groups in total. The van der Waals surface area contributed by atoms with Gasteiger partial charge in [0.15, 0.2) is 0 Å². The quantitative estimate of drug-likeness (QED) is 0.118. The minimum absolute atomic E-state index is 0. The van der Waals surface area contributed by atoms with E-state index in [1.54, 1.807) is 0 Å². The zero-order valence-corrected chi connectivity index (χ0v) is 35.8. The second-order valence-corrected chi connectivity index (χ2v) is 26.9. The molecule has 2 aliphatic carbocycles. The molecule has 1 spiro atoms. The van der Waals surface area contributed by atoms with Crippen LogP contribution in [0.2, 0.25) is 17.3 Å². The molecule has 0 amide bonds. The number of benzene rings is 4. The molecule has 274 valence electrons. The van der Waals surface area contributed by atoms with Crippen LogP contribution in [-0.2, 0) is 21.1 Å². The molecule has 0 radical (unpaired) electrons. The first-order chi connectivity index (χ1) is 26.2. The Labute approximate surface area is 338 Å². The van der Waals surface area contributed by atoms with Crippen LogP contribution in [0, 0.1) is 17.5 Å². The molecular formula is C48H47GeN3OPt. The van der Waals surface area contributed by atoms with Gasteiger partial charge in [-0.05, 0) is 61.6 Å². The molecule has 0 saturated heterocycles. The van der Waals surface area contributed by atoms with Gasteiger partial charge >= 0.3 is 200 Å². The van der Waals surface area contributed by atoms with Crippen molar-refractivity contribution in [1.29, 1.82) is 0 Å². The van der Waals surface area contributed by atoms with Gasteiger partial charge in [-0.1, -0.05) is 37.0 Å². The summed E-state index contributed by atoms with van der Waals surface area (Å²) in [5.74, 6) is 8.75. The number of hydrogen-bond acceptors (Lipinski definition) is 3. The molecule has 4 nitrogen and oxygen atoms in total. The SMILES string of the molecule is [2H]C1(c2ccnc(-c3[c-]c(Oc4[c-]c5c(cc4)c4ccccc4n5-c4cc(-c5cc[c]([Ge]([CH3])([CH3])[CH3])cc5)ccn4)ccc3)c2)CCC2(CCCCC2)CC1.[Pt+2]. The van der Waals surface area contributed by atoms with Crippen molar-refractivity contribution in [2.45, 2.75) is 81.0 Å². The molecule has 0 bridgehead atoms. The molecule has 0 atom stereocenters. The fraction of sp³-hybridized carbons (Fsp3) is 0.292. The normalized spacial score (nSPS) is 16.9. The van der Waals surface area contributed by atoms with Gasteiger partial charge in [-0.25, -0.2) is 0 Å². The standard InChI is InChI=1S/C48H47GeN3O.Pt/c1-49(2,3)39-16-14-34(15-17-39)37-23-29-51-47(32-37)52-45-13-6-5-12-42(45)43-19-18-41(33-46(43)52)53-40-11-9-10-38(30-40)44-31-36(22-28-50-44)35-20-26-48(27-21-35)24-7-4-8-25-48;/h5-6,9-19,22-23,28-29,31-32,35H,4,7-8,20-21,24-27H2,1-3H3;/q-2;+2/i35D;. The van der Waals surface area contributed by atoms with Crippen LogP contribution >= 0.6 is 0 Å². The number of para-hydroxylation sites is 1. The van der Waals surface area contributed by atoms with Gasteiger partial charge in [0.25, 0.3) is 0 Å². The van der Waals surface area contributed by atoms with Gasteiger partial charge in [0.1, 0.15) is 0 Å². The van der Waals surface area contributed by atoms with Crippen LogP contribution in [0.25, 0.3) is 50.0 Å². The van der Waals surface area contributed by atoms with Gasteiger partial charge in [-0.3, -0.25) is 0 Å². The molecule has 6 heteroatoms. The summed E-state index contributed by atoms with van der Waals surface area (Å²) < 4.78 is 19.7. The Morgan fingerprint density at radius 2 is 1.48 bits per heavy atom. The van der Waals surface area contributed by atoms with Gasteiger partial charge in [0.05, 0.1) is 0 Å². The van der Waals surface area contributed by atoms with E-state index in [0.717, 1.165) is 75.7 Å². The van der Waals surface area contributed by atoms with E-state index >= 15 is 0 Å². The summed E-state index contributed by atoms with van der Waals surface area (Å²) in [7, 11) is 0. The third-order valence-electron chi connectivity index (χ3n) is 11.9. The summed E-state index contributed by atoms with van der Waals surface area (Å²) in [5, 5.41) is 2.23. The van der Waals surface area contributed by atoms with E-state index in [1.807, 2.05) is 42.7 Å². The zero-order valence-electron chi connectivity index (χ0n) is 32.4. The molecule has 4 aromatic carbocycles. The largest absolute Gasteiger partial charge is 2.00 e. The van der Waals surface area contributed by atoms with Crippen molar-refractivity contribution in [2.24, 2.45) is 5.41 Å². The maximum atomic E-state index is 9.51. The van der Waals surface area contributed by atoms with E-state index in [1.165, 1.54) is 42.1 Å². The van der Waals surface area contributed by atoms with Crippen molar-refractivity contribution >= 4 is 39.5 Å². The van der Waals surface area contributed by atoms with Crippen LogP contribution < -0.4 is 9.13 Å². The Balaban J connectivity index is 0.00000427. The zero-order chi connectivity index (χ0) is 36.9. The van der Waals surface area contributed by atoms with E-state index in [2.05, 4.69) is 107 Å². The third-order valence-corrected chi connectivity index (χ3v) is 16.2. The molecule has 2 fully saturated rings. The monoisotopic (exact) mass is 951 g/mol. The van der Waals surface area contributed by atoms with Crippen LogP contribution in [0.1, 0.15) is 70.6 Å². The topological polar surface area (TPSA) is 39.9 Å². The Morgan fingerprint density at radius 1 is 0.722 bits per heavy atom.